The zero-order valence-electron chi connectivity index (χ0n) is 16.7. The number of dihydropyridines is 1. The lowest BCUT2D eigenvalue weighted by molar-refractivity contribution is -0.385. The number of Topliss-reactive ketones (excluding diaryl/α,β-unsaturated/α-hetero) is 2. The van der Waals surface area contributed by atoms with Gasteiger partial charge in [0.25, 0.3) is 5.69 Å². The third kappa shape index (κ3) is 2.56. The molecule has 6 heteroatoms. The van der Waals surface area contributed by atoms with Gasteiger partial charge in [0.2, 0.25) is 0 Å². The number of allylic oxidation sites excluding steroid dienone is 3. The quantitative estimate of drug-likeness (QED) is 0.591. The summed E-state index contributed by atoms with van der Waals surface area (Å²) in [5, 5.41) is 15.2. The van der Waals surface area contributed by atoms with Crippen molar-refractivity contribution in [2.24, 2.45) is 5.41 Å². The molecule has 3 aliphatic rings. The third-order valence-electron chi connectivity index (χ3n) is 6.17. The van der Waals surface area contributed by atoms with E-state index in [2.05, 4.69) is 5.32 Å². The molecule has 0 saturated carbocycles. The Balaban J connectivity index is 1.80. The number of benzene rings is 2. The largest absolute Gasteiger partial charge is 0.358 e. The Morgan fingerprint density at radius 1 is 0.967 bits per heavy atom. The maximum absolute atomic E-state index is 13.4. The number of nitrogens with zero attached hydrogens (tertiary/aromatic N) is 1. The molecule has 0 fully saturated rings. The first-order chi connectivity index (χ1) is 14.3. The second kappa shape index (κ2) is 6.23. The average Bonchev–Trinajstić information content (AvgIpc) is 2.98. The van der Waals surface area contributed by atoms with E-state index in [9.17, 15) is 19.7 Å². The van der Waals surface area contributed by atoms with Crippen LogP contribution in [0.4, 0.5) is 5.69 Å². The van der Waals surface area contributed by atoms with Crippen molar-refractivity contribution in [2.75, 3.05) is 0 Å². The van der Waals surface area contributed by atoms with Crippen molar-refractivity contribution in [2.45, 2.75) is 32.6 Å². The molecule has 0 amide bonds. The summed E-state index contributed by atoms with van der Waals surface area (Å²) in [4.78, 5) is 38.0. The highest BCUT2D eigenvalue weighted by Gasteiger charge is 2.47. The fourth-order valence-corrected chi connectivity index (χ4v) is 5.00. The van der Waals surface area contributed by atoms with Gasteiger partial charge in [-0.2, -0.15) is 0 Å². The minimum Gasteiger partial charge on any atom is -0.358 e. The lowest BCUT2D eigenvalue weighted by Gasteiger charge is -2.38. The first-order valence-electron chi connectivity index (χ1n) is 9.93. The highest BCUT2D eigenvalue weighted by molar-refractivity contribution is 6.23. The van der Waals surface area contributed by atoms with E-state index in [1.54, 1.807) is 30.3 Å². The smallest absolute Gasteiger partial charge is 0.273 e. The molecule has 0 unspecified atom stereocenters. The van der Waals surface area contributed by atoms with Gasteiger partial charge < -0.3 is 5.32 Å². The molecule has 1 aliphatic heterocycles. The third-order valence-corrected chi connectivity index (χ3v) is 6.17. The van der Waals surface area contributed by atoms with Gasteiger partial charge in [-0.1, -0.05) is 56.3 Å². The van der Waals surface area contributed by atoms with E-state index in [0.29, 0.717) is 40.8 Å². The topological polar surface area (TPSA) is 89.3 Å². The van der Waals surface area contributed by atoms with Crippen LogP contribution < -0.4 is 5.32 Å². The van der Waals surface area contributed by atoms with Gasteiger partial charge in [0.05, 0.1) is 16.5 Å². The summed E-state index contributed by atoms with van der Waals surface area (Å²) in [6, 6.07) is 13.7. The fraction of sp³-hybridized carbons (Fsp3) is 0.250. The number of hydrogen-bond donors (Lipinski definition) is 1. The van der Waals surface area contributed by atoms with Crippen molar-refractivity contribution in [3.05, 3.63) is 92.2 Å². The molecule has 0 bridgehead atoms. The zero-order valence-corrected chi connectivity index (χ0v) is 16.7. The van der Waals surface area contributed by atoms with E-state index in [1.807, 2.05) is 26.0 Å². The zero-order chi connectivity index (χ0) is 21.2. The molecule has 150 valence electrons. The summed E-state index contributed by atoms with van der Waals surface area (Å²) in [5.74, 6) is -0.992. The second-order valence-corrected chi connectivity index (χ2v) is 8.87. The molecule has 30 heavy (non-hydrogen) atoms. The van der Waals surface area contributed by atoms with E-state index in [1.165, 1.54) is 6.07 Å². The molecule has 2 aliphatic carbocycles. The summed E-state index contributed by atoms with van der Waals surface area (Å²) in [5.41, 5.74) is 3.78. The Bertz CT molecular complexity index is 1220. The molecular weight excluding hydrogens is 380 g/mol. The van der Waals surface area contributed by atoms with Crippen molar-refractivity contribution in [3.63, 3.8) is 0 Å². The van der Waals surface area contributed by atoms with Crippen LogP contribution in [0, 0.1) is 15.5 Å². The van der Waals surface area contributed by atoms with Crippen LogP contribution in [0.3, 0.4) is 0 Å². The maximum atomic E-state index is 13.4. The Labute approximate surface area is 173 Å². The molecule has 2 aromatic rings. The Kier molecular flexibility index (Phi) is 3.84. The van der Waals surface area contributed by atoms with Crippen LogP contribution in [0.1, 0.15) is 54.1 Å². The SMILES string of the molecule is CC1(C)CC(=O)C2=C(C1)NC1=C(C(=O)c3ccccc31)[C@H]2c1ccccc1[N+](=O)[O-]. The Morgan fingerprint density at radius 3 is 2.37 bits per heavy atom. The maximum Gasteiger partial charge on any atom is 0.273 e. The first kappa shape index (κ1) is 18.5. The van der Waals surface area contributed by atoms with Crippen LogP contribution in [0.25, 0.3) is 5.70 Å². The summed E-state index contributed by atoms with van der Waals surface area (Å²) in [7, 11) is 0. The molecule has 5 rings (SSSR count). The van der Waals surface area contributed by atoms with Crippen LogP contribution in [0.2, 0.25) is 0 Å². The molecule has 1 atom stereocenters. The minimum absolute atomic E-state index is 0.0628. The van der Waals surface area contributed by atoms with Crippen LogP contribution >= 0.6 is 0 Å². The second-order valence-electron chi connectivity index (χ2n) is 8.87. The van der Waals surface area contributed by atoms with Crippen molar-refractivity contribution in [1.82, 2.24) is 5.32 Å². The standard InChI is InChI=1S/C24H20N2O4/c1-24(2)11-16-20(18(27)12-24)19(15-9-5-6-10-17(15)26(29)30)21-22(25-16)13-7-3-4-8-14(13)23(21)28/h3-10,19,25H,11-12H2,1-2H3/t19-/m0/s1. The van der Waals surface area contributed by atoms with Gasteiger partial charge in [0.15, 0.2) is 11.6 Å². The highest BCUT2D eigenvalue weighted by atomic mass is 16.6. The van der Waals surface area contributed by atoms with Gasteiger partial charge in [-0.05, 0) is 11.8 Å². The number of para-hydroxylation sites is 1. The molecule has 6 nitrogen and oxygen atoms in total. The molecule has 0 spiro atoms. The van der Waals surface area contributed by atoms with E-state index >= 15 is 0 Å². The molecule has 0 aromatic heterocycles. The normalized spacial score (nSPS) is 21.7. The van der Waals surface area contributed by atoms with Crippen LogP contribution in [-0.2, 0) is 4.79 Å². The van der Waals surface area contributed by atoms with Gasteiger partial charge in [-0.3, -0.25) is 19.7 Å². The van der Waals surface area contributed by atoms with Crippen LogP contribution in [0.15, 0.2) is 65.4 Å². The molecule has 0 saturated heterocycles. The number of rotatable bonds is 2. The lowest BCUT2D eigenvalue weighted by Crippen LogP contribution is -2.37. The number of ketones is 2. The van der Waals surface area contributed by atoms with Crippen molar-refractivity contribution < 1.29 is 14.5 Å². The number of carbonyl (C=O) groups excluding carboxylic acids is 2. The summed E-state index contributed by atoms with van der Waals surface area (Å²) < 4.78 is 0. The van der Waals surface area contributed by atoms with Gasteiger partial charge in [0, 0.05) is 46.0 Å². The molecule has 1 N–H and O–H groups in total. The monoisotopic (exact) mass is 400 g/mol. The fourth-order valence-electron chi connectivity index (χ4n) is 5.00. The van der Waals surface area contributed by atoms with E-state index < -0.39 is 10.8 Å². The summed E-state index contributed by atoms with van der Waals surface area (Å²) in [6.45, 7) is 4.07. The molecule has 0 radical (unpaired) electrons. The lowest BCUT2D eigenvalue weighted by atomic mass is 9.68. The number of nitro groups is 1. The van der Waals surface area contributed by atoms with Gasteiger partial charge in [-0.15, -0.1) is 0 Å². The van der Waals surface area contributed by atoms with Crippen molar-refractivity contribution >= 4 is 23.0 Å². The van der Waals surface area contributed by atoms with Crippen LogP contribution in [-0.4, -0.2) is 16.5 Å². The number of fused-ring (bicyclic) bond motifs is 2. The predicted molar refractivity (Wildman–Crippen MR) is 112 cm³/mol. The number of nitrogens with one attached hydrogen (secondary N) is 1. The van der Waals surface area contributed by atoms with Gasteiger partial charge in [-0.25, -0.2) is 0 Å². The summed E-state index contributed by atoms with van der Waals surface area (Å²) >= 11 is 0. The van der Waals surface area contributed by atoms with Crippen LogP contribution in [0.5, 0.6) is 0 Å². The molecule has 1 heterocycles. The van der Waals surface area contributed by atoms with E-state index in [-0.39, 0.29) is 22.7 Å². The highest BCUT2D eigenvalue weighted by Crippen LogP contribution is 2.52. The average molecular weight is 400 g/mol. The van der Waals surface area contributed by atoms with Gasteiger partial charge in [0.1, 0.15) is 0 Å². The summed E-state index contributed by atoms with van der Waals surface area (Å²) in [6.07, 6.45) is 0.979. The van der Waals surface area contributed by atoms with E-state index in [0.717, 1.165) is 11.3 Å². The first-order valence-corrected chi connectivity index (χ1v) is 9.93. The number of carbonyl (C=O) groups is 2. The minimum atomic E-state index is -0.749. The number of hydrogen-bond acceptors (Lipinski definition) is 5. The molecule has 2 aromatic carbocycles. The van der Waals surface area contributed by atoms with Gasteiger partial charge >= 0.3 is 0 Å². The predicted octanol–water partition coefficient (Wildman–Crippen LogP) is 4.53. The van der Waals surface area contributed by atoms with Crippen molar-refractivity contribution in [3.8, 4) is 0 Å². The Hall–Kier alpha value is -3.54. The van der Waals surface area contributed by atoms with E-state index in [4.69, 9.17) is 0 Å². The number of nitro benzene ring substituents is 1. The Morgan fingerprint density at radius 2 is 1.63 bits per heavy atom. The molecular formula is C24H20N2O4. The van der Waals surface area contributed by atoms with Crippen molar-refractivity contribution in [1.29, 1.82) is 0 Å².